The molecule has 0 aliphatic heterocycles. The number of amides is 1. The molecule has 148 valence electrons. The van der Waals surface area contributed by atoms with Gasteiger partial charge < -0.3 is 5.32 Å². The van der Waals surface area contributed by atoms with Gasteiger partial charge in [0.15, 0.2) is 11.5 Å². The number of nitrogens with one attached hydrogen (secondary N) is 1. The maximum absolute atomic E-state index is 12.6. The van der Waals surface area contributed by atoms with E-state index in [0.29, 0.717) is 17.3 Å². The Morgan fingerprint density at radius 1 is 1.10 bits per heavy atom. The molecular weight excluding hydrogens is 366 g/mol. The predicted molar refractivity (Wildman–Crippen MR) is 111 cm³/mol. The lowest BCUT2D eigenvalue weighted by Gasteiger charge is -2.13. The van der Waals surface area contributed by atoms with E-state index in [1.165, 1.54) is 6.33 Å². The highest BCUT2D eigenvalue weighted by atomic mass is 16.2. The molecule has 3 aromatic heterocycles. The van der Waals surface area contributed by atoms with E-state index in [1.807, 2.05) is 57.2 Å². The van der Waals surface area contributed by atoms with Crippen LogP contribution in [0.5, 0.6) is 0 Å². The topological polar surface area (TPSA) is 90.5 Å². The molecule has 1 aromatic carbocycles. The SMILES string of the molecule is CCC(CC)C(=O)Nc1cc(C)nn1-c1ncnc2c1cnn2-c1ccccc1. The molecule has 0 saturated carbocycles. The number of aromatic nitrogens is 6. The van der Waals surface area contributed by atoms with Gasteiger partial charge in [0.2, 0.25) is 5.91 Å². The van der Waals surface area contributed by atoms with Gasteiger partial charge in [0, 0.05) is 12.0 Å². The summed E-state index contributed by atoms with van der Waals surface area (Å²) in [6.07, 6.45) is 4.79. The van der Waals surface area contributed by atoms with Gasteiger partial charge in [0.05, 0.1) is 23.0 Å². The number of hydrogen-bond acceptors (Lipinski definition) is 5. The predicted octanol–water partition coefficient (Wildman–Crippen LogP) is 3.68. The van der Waals surface area contributed by atoms with Crippen LogP contribution >= 0.6 is 0 Å². The Hall–Kier alpha value is -3.55. The molecule has 0 aliphatic rings. The summed E-state index contributed by atoms with van der Waals surface area (Å²) in [7, 11) is 0. The van der Waals surface area contributed by atoms with Gasteiger partial charge in [0.25, 0.3) is 0 Å². The van der Waals surface area contributed by atoms with E-state index in [2.05, 4.69) is 25.5 Å². The van der Waals surface area contributed by atoms with Crippen LogP contribution in [0.15, 0.2) is 48.9 Å². The van der Waals surface area contributed by atoms with Crippen molar-refractivity contribution in [3.8, 4) is 11.5 Å². The monoisotopic (exact) mass is 389 g/mol. The number of fused-ring (bicyclic) bond motifs is 1. The van der Waals surface area contributed by atoms with Gasteiger partial charge in [-0.2, -0.15) is 14.9 Å². The highest BCUT2D eigenvalue weighted by Crippen LogP contribution is 2.24. The van der Waals surface area contributed by atoms with Crippen molar-refractivity contribution in [1.82, 2.24) is 29.5 Å². The molecule has 3 heterocycles. The van der Waals surface area contributed by atoms with Crippen molar-refractivity contribution in [2.75, 3.05) is 5.32 Å². The molecule has 0 bridgehead atoms. The Balaban J connectivity index is 1.78. The molecule has 4 rings (SSSR count). The summed E-state index contributed by atoms with van der Waals surface area (Å²) in [5.41, 5.74) is 2.37. The van der Waals surface area contributed by atoms with Gasteiger partial charge in [0.1, 0.15) is 12.1 Å². The van der Waals surface area contributed by atoms with E-state index in [0.717, 1.165) is 29.6 Å². The fourth-order valence-electron chi connectivity index (χ4n) is 3.40. The van der Waals surface area contributed by atoms with E-state index in [9.17, 15) is 4.79 Å². The highest BCUT2D eigenvalue weighted by molar-refractivity contribution is 5.92. The average molecular weight is 389 g/mol. The third-order valence-corrected chi connectivity index (χ3v) is 4.99. The summed E-state index contributed by atoms with van der Waals surface area (Å²) in [6.45, 7) is 5.92. The third-order valence-electron chi connectivity index (χ3n) is 4.99. The minimum Gasteiger partial charge on any atom is -0.310 e. The van der Waals surface area contributed by atoms with Crippen LogP contribution in [0.2, 0.25) is 0 Å². The molecule has 1 amide bonds. The van der Waals surface area contributed by atoms with Crippen LogP contribution in [0.1, 0.15) is 32.4 Å². The first kappa shape index (κ1) is 18.8. The Bertz CT molecular complexity index is 1140. The molecule has 0 radical (unpaired) electrons. The zero-order valence-corrected chi connectivity index (χ0v) is 16.7. The molecule has 8 nitrogen and oxygen atoms in total. The van der Waals surface area contributed by atoms with E-state index in [-0.39, 0.29) is 11.8 Å². The Morgan fingerprint density at radius 2 is 1.86 bits per heavy atom. The molecular formula is C21H23N7O. The Labute approximate surface area is 168 Å². The Kier molecular flexibility index (Phi) is 5.07. The van der Waals surface area contributed by atoms with Crippen LogP contribution in [-0.2, 0) is 4.79 Å². The van der Waals surface area contributed by atoms with Gasteiger partial charge >= 0.3 is 0 Å². The normalized spacial score (nSPS) is 11.3. The quantitative estimate of drug-likeness (QED) is 0.543. The molecule has 0 unspecified atom stereocenters. The van der Waals surface area contributed by atoms with Gasteiger partial charge in [-0.15, -0.1) is 0 Å². The zero-order valence-electron chi connectivity index (χ0n) is 16.7. The molecule has 8 heteroatoms. The number of rotatable bonds is 6. The van der Waals surface area contributed by atoms with Crippen LogP contribution in [0.4, 0.5) is 5.82 Å². The number of carbonyl (C=O) groups is 1. The van der Waals surface area contributed by atoms with Gasteiger partial charge in [-0.05, 0) is 31.9 Å². The molecule has 4 aromatic rings. The number of hydrogen-bond donors (Lipinski definition) is 1. The lowest BCUT2D eigenvalue weighted by Crippen LogP contribution is -2.23. The van der Waals surface area contributed by atoms with E-state index >= 15 is 0 Å². The van der Waals surface area contributed by atoms with Crippen LogP contribution in [0.3, 0.4) is 0 Å². The lowest BCUT2D eigenvalue weighted by atomic mass is 10.0. The minimum atomic E-state index is -0.0371. The molecule has 0 saturated heterocycles. The van der Waals surface area contributed by atoms with Crippen molar-refractivity contribution in [3.05, 3.63) is 54.6 Å². The van der Waals surface area contributed by atoms with Crippen molar-refractivity contribution in [2.24, 2.45) is 5.92 Å². The van der Waals surface area contributed by atoms with Crippen molar-refractivity contribution < 1.29 is 4.79 Å². The molecule has 0 atom stereocenters. The fourth-order valence-corrected chi connectivity index (χ4v) is 3.40. The van der Waals surface area contributed by atoms with E-state index < -0.39 is 0 Å². The summed E-state index contributed by atoms with van der Waals surface area (Å²) in [5.74, 6) is 1.11. The molecule has 0 fully saturated rings. The number of benzene rings is 1. The molecule has 0 aliphatic carbocycles. The number of anilines is 1. The number of nitrogens with zero attached hydrogens (tertiary/aromatic N) is 6. The Morgan fingerprint density at radius 3 is 2.59 bits per heavy atom. The van der Waals surface area contributed by atoms with Gasteiger partial charge in [-0.1, -0.05) is 32.0 Å². The summed E-state index contributed by atoms with van der Waals surface area (Å²) in [4.78, 5) is 21.5. The summed E-state index contributed by atoms with van der Waals surface area (Å²) < 4.78 is 3.41. The minimum absolute atomic E-state index is 0.0126. The van der Waals surface area contributed by atoms with Crippen LogP contribution < -0.4 is 5.32 Å². The van der Waals surface area contributed by atoms with Crippen molar-refractivity contribution in [1.29, 1.82) is 0 Å². The van der Waals surface area contributed by atoms with Crippen LogP contribution in [0, 0.1) is 12.8 Å². The van der Waals surface area contributed by atoms with Crippen LogP contribution in [-0.4, -0.2) is 35.4 Å². The first-order valence-electron chi connectivity index (χ1n) is 9.74. The van der Waals surface area contributed by atoms with Crippen LogP contribution in [0.25, 0.3) is 22.5 Å². The van der Waals surface area contributed by atoms with Crippen molar-refractivity contribution in [2.45, 2.75) is 33.6 Å². The molecule has 29 heavy (non-hydrogen) atoms. The van der Waals surface area contributed by atoms with Crippen molar-refractivity contribution >= 4 is 22.8 Å². The zero-order chi connectivity index (χ0) is 20.4. The van der Waals surface area contributed by atoms with Crippen molar-refractivity contribution in [3.63, 3.8) is 0 Å². The summed E-state index contributed by atoms with van der Waals surface area (Å²) >= 11 is 0. The summed E-state index contributed by atoms with van der Waals surface area (Å²) in [5, 5.41) is 12.8. The van der Waals surface area contributed by atoms with Gasteiger partial charge in [-0.3, -0.25) is 4.79 Å². The highest BCUT2D eigenvalue weighted by Gasteiger charge is 2.20. The smallest absolute Gasteiger partial charge is 0.228 e. The number of aryl methyl sites for hydroxylation is 1. The maximum atomic E-state index is 12.6. The number of para-hydroxylation sites is 1. The average Bonchev–Trinajstić information content (AvgIpc) is 3.33. The van der Waals surface area contributed by atoms with E-state index in [1.54, 1.807) is 15.6 Å². The molecule has 0 spiro atoms. The first-order valence-corrected chi connectivity index (χ1v) is 9.74. The fraction of sp³-hybridized carbons (Fsp3) is 0.286. The lowest BCUT2D eigenvalue weighted by molar-refractivity contribution is -0.120. The van der Waals surface area contributed by atoms with Gasteiger partial charge in [-0.25, -0.2) is 14.6 Å². The second kappa shape index (κ2) is 7.83. The van der Waals surface area contributed by atoms with E-state index in [4.69, 9.17) is 0 Å². The maximum Gasteiger partial charge on any atom is 0.228 e. The first-order chi connectivity index (χ1) is 14.1. The largest absolute Gasteiger partial charge is 0.310 e. The third kappa shape index (κ3) is 3.49. The summed E-state index contributed by atoms with van der Waals surface area (Å²) in [6, 6.07) is 11.6. The molecule has 1 N–H and O–H groups in total. The second-order valence-corrected chi connectivity index (χ2v) is 6.91. The second-order valence-electron chi connectivity index (χ2n) is 6.91. The number of carbonyl (C=O) groups excluding carboxylic acids is 1. The standard InChI is InChI=1S/C21H23N7O/c1-4-15(5-2)21(29)25-18-11-14(3)26-28(18)20-17-12-24-27(19(17)22-13-23-20)16-9-7-6-8-10-16/h6-13,15H,4-5H2,1-3H3,(H,25,29).